The number of carbonyl (C=O) groups is 1. The van der Waals surface area contributed by atoms with Crippen LogP contribution in [-0.2, 0) is 4.79 Å². The van der Waals surface area contributed by atoms with E-state index >= 15 is 0 Å². The van der Waals surface area contributed by atoms with Gasteiger partial charge in [0.2, 0.25) is 5.91 Å². The van der Waals surface area contributed by atoms with Crippen molar-refractivity contribution in [1.29, 1.82) is 0 Å². The van der Waals surface area contributed by atoms with Gasteiger partial charge in [-0.05, 0) is 31.1 Å². The van der Waals surface area contributed by atoms with Crippen molar-refractivity contribution in [2.24, 2.45) is 28.6 Å². The fourth-order valence-electron chi connectivity index (χ4n) is 3.62. The summed E-state index contributed by atoms with van der Waals surface area (Å²) in [5.41, 5.74) is 5.37. The summed E-state index contributed by atoms with van der Waals surface area (Å²) in [5, 5.41) is 14.2. The van der Waals surface area contributed by atoms with Gasteiger partial charge in [0, 0.05) is 18.9 Å². The zero-order valence-electron chi connectivity index (χ0n) is 11.5. The van der Waals surface area contributed by atoms with E-state index in [2.05, 4.69) is 10.5 Å². The van der Waals surface area contributed by atoms with E-state index < -0.39 is 0 Å². The lowest BCUT2D eigenvalue weighted by Crippen LogP contribution is -2.38. The largest absolute Gasteiger partial charge is 0.409 e. The van der Waals surface area contributed by atoms with E-state index in [4.69, 9.17) is 10.9 Å². The number of amides is 1. The summed E-state index contributed by atoms with van der Waals surface area (Å²) in [4.78, 5) is 12.1. The van der Waals surface area contributed by atoms with Gasteiger partial charge in [-0.15, -0.1) is 0 Å². The number of fused-ring (bicyclic) bond motifs is 1. The normalized spacial score (nSPS) is 31.6. The van der Waals surface area contributed by atoms with Crippen LogP contribution in [0.25, 0.3) is 0 Å². The molecular weight excluding hydrogens is 242 g/mol. The summed E-state index contributed by atoms with van der Waals surface area (Å²) < 4.78 is 0. The minimum Gasteiger partial charge on any atom is -0.409 e. The van der Waals surface area contributed by atoms with Gasteiger partial charge in [-0.25, -0.2) is 0 Å². The average molecular weight is 267 g/mol. The fraction of sp³-hybridized carbons (Fsp3) is 0.857. The van der Waals surface area contributed by atoms with Crippen molar-refractivity contribution in [3.05, 3.63) is 0 Å². The van der Waals surface area contributed by atoms with Crippen LogP contribution in [0.2, 0.25) is 0 Å². The Bertz CT molecular complexity index is 344. The van der Waals surface area contributed by atoms with Gasteiger partial charge in [0.1, 0.15) is 5.84 Å². The van der Waals surface area contributed by atoms with Gasteiger partial charge < -0.3 is 16.3 Å². The van der Waals surface area contributed by atoms with Crippen molar-refractivity contribution in [3.8, 4) is 0 Å². The maximum absolute atomic E-state index is 12.1. The molecule has 19 heavy (non-hydrogen) atoms. The zero-order valence-corrected chi connectivity index (χ0v) is 11.5. The smallest absolute Gasteiger partial charge is 0.223 e. The topological polar surface area (TPSA) is 87.7 Å². The Morgan fingerprint density at radius 1 is 1.21 bits per heavy atom. The van der Waals surface area contributed by atoms with Crippen LogP contribution in [0.5, 0.6) is 0 Å². The lowest BCUT2D eigenvalue weighted by Gasteiger charge is -2.38. The fourth-order valence-corrected chi connectivity index (χ4v) is 3.62. The molecule has 0 aliphatic heterocycles. The first-order chi connectivity index (χ1) is 9.20. The predicted molar refractivity (Wildman–Crippen MR) is 73.8 cm³/mol. The van der Waals surface area contributed by atoms with Gasteiger partial charge in [-0.2, -0.15) is 0 Å². The monoisotopic (exact) mass is 267 g/mol. The Morgan fingerprint density at radius 3 is 2.68 bits per heavy atom. The van der Waals surface area contributed by atoms with Crippen LogP contribution in [0.3, 0.4) is 0 Å². The third-order valence-electron chi connectivity index (χ3n) is 4.72. The molecule has 0 aromatic rings. The number of hydrogen-bond donors (Lipinski definition) is 3. The minimum atomic E-state index is 0.148. The van der Waals surface area contributed by atoms with Crippen molar-refractivity contribution in [2.45, 2.75) is 51.4 Å². The third-order valence-corrected chi connectivity index (χ3v) is 4.72. The Kier molecular flexibility index (Phi) is 5.05. The van der Waals surface area contributed by atoms with Crippen LogP contribution in [0, 0.1) is 17.8 Å². The van der Waals surface area contributed by atoms with Crippen LogP contribution < -0.4 is 11.1 Å². The van der Waals surface area contributed by atoms with E-state index in [-0.39, 0.29) is 17.7 Å². The molecule has 3 atom stereocenters. The minimum absolute atomic E-state index is 0.148. The molecule has 5 heteroatoms. The molecule has 0 heterocycles. The number of oxime groups is 1. The van der Waals surface area contributed by atoms with Crippen LogP contribution in [0.1, 0.15) is 51.4 Å². The van der Waals surface area contributed by atoms with Crippen LogP contribution in [0.4, 0.5) is 0 Å². The van der Waals surface area contributed by atoms with Gasteiger partial charge in [0.15, 0.2) is 0 Å². The van der Waals surface area contributed by atoms with Gasteiger partial charge >= 0.3 is 0 Å². The first-order valence-electron chi connectivity index (χ1n) is 7.45. The first kappa shape index (κ1) is 14.2. The summed E-state index contributed by atoms with van der Waals surface area (Å²) in [7, 11) is 0. The molecule has 2 aliphatic rings. The number of carbonyl (C=O) groups excluding carboxylic acids is 1. The van der Waals surface area contributed by atoms with E-state index in [1.165, 1.54) is 32.1 Å². The molecule has 0 aromatic heterocycles. The Hall–Kier alpha value is -1.26. The second-order valence-corrected chi connectivity index (χ2v) is 5.95. The maximum atomic E-state index is 12.1. The standard InChI is InChI=1S/C14H25N3O2/c15-13(17-19)7-8-16-14(18)12-6-5-10-3-1-2-4-11(10)9-12/h10-12,19H,1-9H2,(H2,15,17)(H,16,18). The molecule has 3 unspecified atom stereocenters. The van der Waals surface area contributed by atoms with E-state index in [1.54, 1.807) is 0 Å². The molecule has 2 aliphatic carbocycles. The maximum Gasteiger partial charge on any atom is 0.223 e. The summed E-state index contributed by atoms with van der Waals surface area (Å²) in [6, 6.07) is 0. The highest BCUT2D eigenvalue weighted by molar-refractivity contribution is 5.82. The molecule has 0 aromatic carbocycles. The van der Waals surface area contributed by atoms with Crippen LogP contribution in [-0.4, -0.2) is 23.5 Å². The van der Waals surface area contributed by atoms with Crippen molar-refractivity contribution >= 4 is 11.7 Å². The van der Waals surface area contributed by atoms with Gasteiger partial charge in [0.05, 0.1) is 0 Å². The number of amidine groups is 1. The highest BCUT2D eigenvalue weighted by Crippen LogP contribution is 2.42. The zero-order chi connectivity index (χ0) is 13.7. The first-order valence-corrected chi connectivity index (χ1v) is 7.45. The molecule has 4 N–H and O–H groups in total. The van der Waals surface area contributed by atoms with Gasteiger partial charge in [-0.3, -0.25) is 4.79 Å². The molecule has 2 saturated carbocycles. The van der Waals surface area contributed by atoms with E-state index in [1.807, 2.05) is 0 Å². The summed E-state index contributed by atoms with van der Waals surface area (Å²) >= 11 is 0. The van der Waals surface area contributed by atoms with Crippen molar-refractivity contribution < 1.29 is 10.0 Å². The number of rotatable bonds is 4. The molecule has 108 valence electrons. The van der Waals surface area contributed by atoms with E-state index in [0.29, 0.717) is 13.0 Å². The molecule has 5 nitrogen and oxygen atoms in total. The summed E-state index contributed by atoms with van der Waals surface area (Å²) in [6.45, 7) is 0.458. The molecule has 1 amide bonds. The molecule has 0 radical (unpaired) electrons. The highest BCUT2D eigenvalue weighted by atomic mass is 16.4. The van der Waals surface area contributed by atoms with E-state index in [9.17, 15) is 4.79 Å². The second-order valence-electron chi connectivity index (χ2n) is 5.95. The Morgan fingerprint density at radius 2 is 1.95 bits per heavy atom. The van der Waals surface area contributed by atoms with Crippen molar-refractivity contribution in [3.63, 3.8) is 0 Å². The number of nitrogens with two attached hydrogens (primary N) is 1. The lowest BCUT2D eigenvalue weighted by atomic mass is 9.67. The average Bonchev–Trinajstić information content (AvgIpc) is 2.46. The highest BCUT2D eigenvalue weighted by Gasteiger charge is 2.34. The SMILES string of the molecule is NC(CCNC(=O)C1CCC2CCCCC2C1)=NO. The van der Waals surface area contributed by atoms with E-state index in [0.717, 1.165) is 24.7 Å². The van der Waals surface area contributed by atoms with Crippen LogP contribution >= 0.6 is 0 Å². The molecule has 2 rings (SSSR count). The van der Waals surface area contributed by atoms with Crippen LogP contribution in [0.15, 0.2) is 5.16 Å². The Balaban J connectivity index is 1.74. The lowest BCUT2D eigenvalue weighted by molar-refractivity contribution is -0.127. The number of nitrogens with one attached hydrogen (secondary N) is 1. The molecule has 0 saturated heterocycles. The second kappa shape index (κ2) is 6.78. The molecular formula is C14H25N3O2. The predicted octanol–water partition coefficient (Wildman–Crippen LogP) is 1.85. The summed E-state index contributed by atoms with van der Waals surface area (Å²) in [5.74, 6) is 2.12. The van der Waals surface area contributed by atoms with Gasteiger partial charge in [0.25, 0.3) is 0 Å². The quantitative estimate of drug-likeness (QED) is 0.314. The number of hydrogen-bond acceptors (Lipinski definition) is 3. The number of nitrogens with zero attached hydrogens (tertiary/aromatic N) is 1. The van der Waals surface area contributed by atoms with Crippen molar-refractivity contribution in [1.82, 2.24) is 5.32 Å². The summed E-state index contributed by atoms with van der Waals surface area (Å²) in [6.07, 6.45) is 9.07. The molecule has 2 fully saturated rings. The molecule has 0 spiro atoms. The molecule has 0 bridgehead atoms. The van der Waals surface area contributed by atoms with Crippen molar-refractivity contribution in [2.75, 3.05) is 6.54 Å². The third kappa shape index (κ3) is 3.85. The Labute approximate surface area is 114 Å². The van der Waals surface area contributed by atoms with Gasteiger partial charge in [-0.1, -0.05) is 30.8 Å².